The highest BCUT2D eigenvalue weighted by Crippen LogP contribution is 2.28. The molecule has 0 saturated heterocycles. The molecule has 0 spiro atoms. The highest BCUT2D eigenvalue weighted by Gasteiger charge is 2.18. The summed E-state index contributed by atoms with van der Waals surface area (Å²) in [6.45, 7) is 0. The summed E-state index contributed by atoms with van der Waals surface area (Å²) in [5, 5.41) is 8.75. The zero-order valence-corrected chi connectivity index (χ0v) is 9.02. The Labute approximate surface area is 95.6 Å². The molecule has 0 fully saturated rings. The first-order valence-corrected chi connectivity index (χ1v) is 4.80. The minimum atomic E-state index is -1.22. The van der Waals surface area contributed by atoms with Crippen LogP contribution in [-0.2, 0) is 11.2 Å². The summed E-state index contributed by atoms with van der Waals surface area (Å²) in [5.74, 6) is -1.83. The maximum absolute atomic E-state index is 13.3. The number of aliphatic carboxylic acids is 1. The topological polar surface area (TPSA) is 63.3 Å². The number of nitrogens with two attached hydrogens (primary N) is 1. The zero-order chi connectivity index (χ0) is 11.6. The van der Waals surface area contributed by atoms with Gasteiger partial charge in [0, 0.05) is 12.0 Å². The van der Waals surface area contributed by atoms with E-state index in [2.05, 4.69) is 0 Å². The van der Waals surface area contributed by atoms with Crippen LogP contribution in [0.4, 0.5) is 4.39 Å². The Morgan fingerprint density at radius 2 is 2.13 bits per heavy atom. The molecule has 0 bridgehead atoms. The van der Waals surface area contributed by atoms with Crippen molar-refractivity contribution in [3.63, 3.8) is 0 Å². The SMILES string of the molecule is NC(Cc1c(F)ccc(Cl)c1Cl)C(=O)O. The molecule has 0 heterocycles. The Balaban J connectivity index is 3.03. The number of benzene rings is 1. The Hall–Kier alpha value is -0.840. The van der Waals surface area contributed by atoms with Crippen LogP contribution in [-0.4, -0.2) is 17.1 Å². The summed E-state index contributed by atoms with van der Waals surface area (Å²) in [6.07, 6.45) is -0.194. The molecule has 1 aromatic rings. The van der Waals surface area contributed by atoms with Gasteiger partial charge in [0.15, 0.2) is 0 Å². The molecule has 3 nitrogen and oxygen atoms in total. The second-order valence-electron chi connectivity index (χ2n) is 2.97. The molecule has 0 aliphatic carbocycles. The Bertz CT molecular complexity index is 398. The highest BCUT2D eigenvalue weighted by atomic mass is 35.5. The van der Waals surface area contributed by atoms with Gasteiger partial charge in [0.1, 0.15) is 11.9 Å². The molecule has 3 N–H and O–H groups in total. The fourth-order valence-corrected chi connectivity index (χ4v) is 1.47. The summed E-state index contributed by atoms with van der Waals surface area (Å²) >= 11 is 11.4. The molecule has 0 radical (unpaired) electrons. The fraction of sp³-hybridized carbons (Fsp3) is 0.222. The normalized spacial score (nSPS) is 12.5. The largest absolute Gasteiger partial charge is 0.480 e. The van der Waals surface area contributed by atoms with Crippen LogP contribution in [0.3, 0.4) is 0 Å². The van der Waals surface area contributed by atoms with E-state index >= 15 is 0 Å². The predicted octanol–water partition coefficient (Wildman–Crippen LogP) is 2.09. The third-order valence-corrected chi connectivity index (χ3v) is 2.72. The van der Waals surface area contributed by atoms with Crippen molar-refractivity contribution < 1.29 is 14.3 Å². The lowest BCUT2D eigenvalue weighted by Gasteiger charge is -2.10. The quantitative estimate of drug-likeness (QED) is 0.809. The average Bonchev–Trinajstić information content (AvgIpc) is 2.18. The van der Waals surface area contributed by atoms with Crippen LogP contribution >= 0.6 is 23.2 Å². The van der Waals surface area contributed by atoms with E-state index in [0.717, 1.165) is 6.07 Å². The molecule has 1 aromatic carbocycles. The van der Waals surface area contributed by atoms with Gasteiger partial charge < -0.3 is 10.8 Å². The van der Waals surface area contributed by atoms with E-state index in [-0.39, 0.29) is 22.0 Å². The molecule has 0 amide bonds. The number of hydrogen-bond donors (Lipinski definition) is 2. The van der Waals surface area contributed by atoms with Gasteiger partial charge in [-0.1, -0.05) is 23.2 Å². The highest BCUT2D eigenvalue weighted by molar-refractivity contribution is 6.42. The van der Waals surface area contributed by atoms with Crippen LogP contribution in [0.1, 0.15) is 5.56 Å². The molecule has 1 unspecified atom stereocenters. The summed E-state index contributed by atoms with van der Waals surface area (Å²) in [4.78, 5) is 10.5. The molecule has 0 aliphatic rings. The van der Waals surface area contributed by atoms with Crippen LogP contribution in [0, 0.1) is 5.82 Å². The lowest BCUT2D eigenvalue weighted by molar-refractivity contribution is -0.138. The fourth-order valence-electron chi connectivity index (χ4n) is 1.06. The van der Waals surface area contributed by atoms with Crippen molar-refractivity contribution >= 4 is 29.2 Å². The lowest BCUT2D eigenvalue weighted by Crippen LogP contribution is -2.32. The Morgan fingerprint density at radius 1 is 1.53 bits per heavy atom. The van der Waals surface area contributed by atoms with Gasteiger partial charge in [-0.15, -0.1) is 0 Å². The number of carboxylic acids is 1. The second kappa shape index (κ2) is 4.79. The predicted molar refractivity (Wildman–Crippen MR) is 55.7 cm³/mol. The minimum absolute atomic E-state index is 0.00775. The van der Waals surface area contributed by atoms with Crippen molar-refractivity contribution in [2.75, 3.05) is 0 Å². The van der Waals surface area contributed by atoms with Gasteiger partial charge in [-0.05, 0) is 12.1 Å². The van der Waals surface area contributed by atoms with Gasteiger partial charge >= 0.3 is 5.97 Å². The van der Waals surface area contributed by atoms with E-state index in [1.807, 2.05) is 0 Å². The molecule has 15 heavy (non-hydrogen) atoms. The summed E-state index contributed by atoms with van der Waals surface area (Å²) in [5.41, 5.74) is 5.30. The van der Waals surface area contributed by atoms with Crippen molar-refractivity contribution in [3.8, 4) is 0 Å². The molecule has 82 valence electrons. The number of halogens is 3. The van der Waals surface area contributed by atoms with Crippen molar-refractivity contribution in [3.05, 3.63) is 33.6 Å². The van der Waals surface area contributed by atoms with Crippen LogP contribution < -0.4 is 5.73 Å². The van der Waals surface area contributed by atoms with Gasteiger partial charge in [0.05, 0.1) is 10.0 Å². The van der Waals surface area contributed by atoms with Crippen molar-refractivity contribution in [2.24, 2.45) is 5.73 Å². The summed E-state index contributed by atoms with van der Waals surface area (Å²) in [7, 11) is 0. The molecule has 1 atom stereocenters. The van der Waals surface area contributed by atoms with E-state index in [0.29, 0.717) is 0 Å². The smallest absolute Gasteiger partial charge is 0.320 e. The third-order valence-electron chi connectivity index (χ3n) is 1.88. The van der Waals surface area contributed by atoms with Crippen molar-refractivity contribution in [1.29, 1.82) is 0 Å². The lowest BCUT2D eigenvalue weighted by atomic mass is 10.1. The van der Waals surface area contributed by atoms with E-state index in [1.54, 1.807) is 0 Å². The third kappa shape index (κ3) is 2.81. The summed E-state index contributed by atoms with van der Waals surface area (Å²) in [6, 6.07) is 1.23. The van der Waals surface area contributed by atoms with Crippen molar-refractivity contribution in [1.82, 2.24) is 0 Å². The molecule has 0 aromatic heterocycles. The first-order valence-electron chi connectivity index (χ1n) is 4.04. The Morgan fingerprint density at radius 3 is 2.67 bits per heavy atom. The van der Waals surface area contributed by atoms with E-state index in [9.17, 15) is 9.18 Å². The standard InChI is InChI=1S/C9H8Cl2FNO2/c10-5-1-2-6(12)4(8(5)11)3-7(13)9(14)15/h1-2,7H,3,13H2,(H,14,15). The molecular formula is C9H8Cl2FNO2. The van der Waals surface area contributed by atoms with Gasteiger partial charge in [-0.3, -0.25) is 4.79 Å². The van der Waals surface area contributed by atoms with Gasteiger partial charge in [-0.25, -0.2) is 4.39 Å². The minimum Gasteiger partial charge on any atom is -0.480 e. The first kappa shape index (κ1) is 12.2. The molecule has 6 heteroatoms. The molecular weight excluding hydrogens is 244 g/mol. The van der Waals surface area contributed by atoms with Crippen molar-refractivity contribution in [2.45, 2.75) is 12.5 Å². The average molecular weight is 252 g/mol. The molecule has 1 rings (SSSR count). The number of hydrogen-bond acceptors (Lipinski definition) is 2. The summed E-state index contributed by atoms with van der Waals surface area (Å²) < 4.78 is 13.3. The van der Waals surface area contributed by atoms with Crippen LogP contribution in [0.15, 0.2) is 12.1 Å². The van der Waals surface area contributed by atoms with Crippen LogP contribution in [0.5, 0.6) is 0 Å². The van der Waals surface area contributed by atoms with E-state index in [4.69, 9.17) is 34.0 Å². The van der Waals surface area contributed by atoms with Crippen LogP contribution in [0.2, 0.25) is 10.0 Å². The van der Waals surface area contributed by atoms with E-state index < -0.39 is 17.8 Å². The zero-order valence-electron chi connectivity index (χ0n) is 7.51. The maximum atomic E-state index is 13.3. The first-order chi connectivity index (χ1) is 6.93. The second-order valence-corrected chi connectivity index (χ2v) is 3.76. The molecule has 0 saturated carbocycles. The monoisotopic (exact) mass is 251 g/mol. The number of carbonyl (C=O) groups is 1. The molecule has 0 aliphatic heterocycles. The maximum Gasteiger partial charge on any atom is 0.320 e. The Kier molecular flexibility index (Phi) is 3.90. The van der Waals surface area contributed by atoms with Gasteiger partial charge in [0.2, 0.25) is 0 Å². The van der Waals surface area contributed by atoms with Crippen LogP contribution in [0.25, 0.3) is 0 Å². The van der Waals surface area contributed by atoms with E-state index in [1.165, 1.54) is 6.07 Å². The number of carboxylic acid groups (broad SMARTS) is 1. The van der Waals surface area contributed by atoms with Gasteiger partial charge in [-0.2, -0.15) is 0 Å². The van der Waals surface area contributed by atoms with Gasteiger partial charge in [0.25, 0.3) is 0 Å². The number of rotatable bonds is 3.